The summed E-state index contributed by atoms with van der Waals surface area (Å²) in [4.78, 5) is 0. The van der Waals surface area contributed by atoms with Crippen molar-refractivity contribution in [1.82, 2.24) is 20.2 Å². The fourth-order valence-electron chi connectivity index (χ4n) is 2.19. The summed E-state index contributed by atoms with van der Waals surface area (Å²) in [5.41, 5.74) is 2.79. The molecule has 0 atom stereocenters. The van der Waals surface area contributed by atoms with E-state index in [1.54, 1.807) is 6.20 Å². The fraction of sp³-hybridized carbons (Fsp3) is 0.400. The minimum Gasteiger partial charge on any atom is -0.307 e. The Kier molecular flexibility index (Phi) is 5.70. The molecule has 0 bridgehead atoms. The summed E-state index contributed by atoms with van der Waals surface area (Å²) < 4.78 is 26.8. The van der Waals surface area contributed by atoms with Crippen LogP contribution in [0.4, 0.5) is 0 Å². The molecule has 0 radical (unpaired) electrons. The summed E-state index contributed by atoms with van der Waals surface area (Å²) in [6.07, 6.45) is 1.70. The maximum Gasteiger partial charge on any atom is 0.216 e. The zero-order chi connectivity index (χ0) is 16.0. The van der Waals surface area contributed by atoms with Gasteiger partial charge >= 0.3 is 0 Å². The van der Waals surface area contributed by atoms with Gasteiger partial charge in [-0.1, -0.05) is 24.3 Å². The molecule has 0 aliphatic carbocycles. The van der Waals surface area contributed by atoms with E-state index in [2.05, 4.69) is 20.2 Å². The van der Waals surface area contributed by atoms with Gasteiger partial charge in [0.15, 0.2) is 0 Å². The summed E-state index contributed by atoms with van der Waals surface area (Å²) in [5.74, 6) is -0.00685. The molecule has 0 saturated heterocycles. The second-order valence-corrected chi connectivity index (χ2v) is 7.24. The largest absolute Gasteiger partial charge is 0.307 e. The highest BCUT2D eigenvalue weighted by Crippen LogP contribution is 2.12. The molecule has 0 amide bonds. The Hall–Kier alpha value is -1.70. The number of nitrogens with one attached hydrogen (secondary N) is 3. The minimum atomic E-state index is -3.32. The standard InChI is InChI=1S/C15H22N4O2S/c1-12(2)19-22(20,21)11-14-6-4-3-5-13(14)9-16-10-15-7-8-17-18-15/h3-8,12,16,19H,9-11H2,1-2H3,(H,17,18). The Balaban J connectivity index is 2.00. The van der Waals surface area contributed by atoms with Crippen LogP contribution in [0.15, 0.2) is 36.5 Å². The van der Waals surface area contributed by atoms with Gasteiger partial charge in [0.05, 0.1) is 5.75 Å². The summed E-state index contributed by atoms with van der Waals surface area (Å²) in [7, 11) is -3.32. The molecule has 0 unspecified atom stereocenters. The molecule has 2 aromatic rings. The zero-order valence-corrected chi connectivity index (χ0v) is 13.7. The Morgan fingerprint density at radius 1 is 1.14 bits per heavy atom. The Bertz CT molecular complexity index is 681. The van der Waals surface area contributed by atoms with Gasteiger partial charge in [0.2, 0.25) is 10.0 Å². The van der Waals surface area contributed by atoms with Crippen molar-refractivity contribution < 1.29 is 8.42 Å². The lowest BCUT2D eigenvalue weighted by atomic mass is 10.1. The Morgan fingerprint density at radius 2 is 1.86 bits per heavy atom. The third kappa shape index (κ3) is 5.25. The minimum absolute atomic E-state index is 0.00685. The molecule has 0 aliphatic rings. The highest BCUT2D eigenvalue weighted by atomic mass is 32.2. The van der Waals surface area contributed by atoms with E-state index in [0.29, 0.717) is 13.1 Å². The van der Waals surface area contributed by atoms with Gasteiger partial charge in [0.25, 0.3) is 0 Å². The van der Waals surface area contributed by atoms with Crippen LogP contribution in [0, 0.1) is 0 Å². The van der Waals surface area contributed by atoms with Crippen molar-refractivity contribution in [3.8, 4) is 0 Å². The van der Waals surface area contributed by atoms with Gasteiger partial charge in [-0.05, 0) is 31.0 Å². The maximum atomic E-state index is 12.1. The van der Waals surface area contributed by atoms with Crippen LogP contribution in [0.1, 0.15) is 30.7 Å². The van der Waals surface area contributed by atoms with Crippen molar-refractivity contribution in [2.45, 2.75) is 38.7 Å². The predicted octanol–water partition coefficient (Wildman–Crippen LogP) is 1.53. The molecule has 1 heterocycles. The van der Waals surface area contributed by atoms with Crippen LogP contribution in [-0.2, 0) is 28.9 Å². The van der Waals surface area contributed by atoms with Crippen LogP contribution < -0.4 is 10.0 Å². The second-order valence-electron chi connectivity index (χ2n) is 5.49. The van der Waals surface area contributed by atoms with Crippen LogP contribution in [-0.4, -0.2) is 24.7 Å². The number of H-pyrrole nitrogens is 1. The molecule has 2 rings (SSSR count). The Labute approximate surface area is 131 Å². The zero-order valence-electron chi connectivity index (χ0n) is 12.8. The summed E-state index contributed by atoms with van der Waals surface area (Å²) in [6, 6.07) is 9.37. The molecule has 3 N–H and O–H groups in total. The molecule has 1 aromatic carbocycles. The molecule has 22 heavy (non-hydrogen) atoms. The molecule has 6 nitrogen and oxygen atoms in total. The van der Waals surface area contributed by atoms with Gasteiger partial charge in [-0.2, -0.15) is 5.10 Å². The van der Waals surface area contributed by atoms with Crippen molar-refractivity contribution >= 4 is 10.0 Å². The molecule has 7 heteroatoms. The van der Waals surface area contributed by atoms with Crippen molar-refractivity contribution in [2.75, 3.05) is 0 Å². The van der Waals surface area contributed by atoms with Crippen LogP contribution in [0.25, 0.3) is 0 Å². The smallest absolute Gasteiger partial charge is 0.216 e. The van der Waals surface area contributed by atoms with Crippen LogP contribution in [0.5, 0.6) is 0 Å². The van der Waals surface area contributed by atoms with Crippen LogP contribution in [0.2, 0.25) is 0 Å². The first-order valence-electron chi connectivity index (χ1n) is 7.22. The lowest BCUT2D eigenvalue weighted by Crippen LogP contribution is -2.31. The van der Waals surface area contributed by atoms with E-state index >= 15 is 0 Å². The number of sulfonamides is 1. The van der Waals surface area contributed by atoms with Gasteiger partial charge in [0, 0.05) is 31.0 Å². The van der Waals surface area contributed by atoms with Crippen molar-refractivity contribution in [3.05, 3.63) is 53.3 Å². The van der Waals surface area contributed by atoms with E-state index in [0.717, 1.165) is 16.8 Å². The molecule has 0 aliphatic heterocycles. The molecular formula is C15H22N4O2S. The summed E-state index contributed by atoms with van der Waals surface area (Å²) >= 11 is 0. The summed E-state index contributed by atoms with van der Waals surface area (Å²) in [6.45, 7) is 4.89. The van der Waals surface area contributed by atoms with Gasteiger partial charge in [-0.15, -0.1) is 0 Å². The molecule has 120 valence electrons. The number of benzene rings is 1. The van der Waals surface area contributed by atoms with Gasteiger partial charge < -0.3 is 5.32 Å². The first-order chi connectivity index (χ1) is 10.5. The highest BCUT2D eigenvalue weighted by Gasteiger charge is 2.15. The topological polar surface area (TPSA) is 86.9 Å². The average molecular weight is 322 g/mol. The van der Waals surface area contributed by atoms with Crippen molar-refractivity contribution in [2.24, 2.45) is 0 Å². The quantitative estimate of drug-likeness (QED) is 0.688. The first-order valence-corrected chi connectivity index (χ1v) is 8.87. The monoisotopic (exact) mass is 322 g/mol. The fourth-order valence-corrected chi connectivity index (χ4v) is 3.68. The maximum absolute atomic E-state index is 12.1. The molecule has 0 spiro atoms. The number of aromatic amines is 1. The first kappa shape index (κ1) is 16.7. The number of hydrogen-bond donors (Lipinski definition) is 3. The Morgan fingerprint density at radius 3 is 2.50 bits per heavy atom. The summed E-state index contributed by atoms with van der Waals surface area (Å²) in [5, 5.41) is 10.1. The highest BCUT2D eigenvalue weighted by molar-refractivity contribution is 7.88. The van der Waals surface area contributed by atoms with E-state index in [1.165, 1.54) is 0 Å². The normalized spacial score (nSPS) is 12.0. The third-order valence-electron chi connectivity index (χ3n) is 3.07. The van der Waals surface area contributed by atoms with Crippen molar-refractivity contribution in [3.63, 3.8) is 0 Å². The van der Waals surface area contributed by atoms with Gasteiger partial charge in [0.1, 0.15) is 0 Å². The van der Waals surface area contributed by atoms with E-state index in [-0.39, 0.29) is 11.8 Å². The number of rotatable bonds is 8. The van der Waals surface area contributed by atoms with Gasteiger partial charge in [-0.25, -0.2) is 13.1 Å². The molecule has 0 saturated carbocycles. The number of hydrogen-bond acceptors (Lipinski definition) is 4. The SMILES string of the molecule is CC(C)NS(=O)(=O)Cc1ccccc1CNCc1ccn[nH]1. The molecule has 0 fully saturated rings. The van der Waals surface area contributed by atoms with E-state index in [1.807, 2.05) is 44.2 Å². The van der Waals surface area contributed by atoms with Gasteiger partial charge in [-0.3, -0.25) is 5.10 Å². The van der Waals surface area contributed by atoms with E-state index in [9.17, 15) is 8.42 Å². The number of nitrogens with zero attached hydrogens (tertiary/aromatic N) is 1. The van der Waals surface area contributed by atoms with E-state index in [4.69, 9.17) is 0 Å². The lowest BCUT2D eigenvalue weighted by molar-refractivity contribution is 0.568. The number of aromatic nitrogens is 2. The van der Waals surface area contributed by atoms with Crippen molar-refractivity contribution in [1.29, 1.82) is 0 Å². The van der Waals surface area contributed by atoms with Crippen LogP contribution >= 0.6 is 0 Å². The average Bonchev–Trinajstić information content (AvgIpc) is 2.92. The predicted molar refractivity (Wildman–Crippen MR) is 86.5 cm³/mol. The molecular weight excluding hydrogens is 300 g/mol. The second kappa shape index (κ2) is 7.53. The van der Waals surface area contributed by atoms with Crippen LogP contribution in [0.3, 0.4) is 0 Å². The molecule has 1 aromatic heterocycles. The third-order valence-corrected chi connectivity index (χ3v) is 4.59. The van der Waals surface area contributed by atoms with E-state index < -0.39 is 10.0 Å². The lowest BCUT2D eigenvalue weighted by Gasteiger charge is -2.13.